The molecule has 0 amide bonds. The fourth-order valence-electron chi connectivity index (χ4n) is 1.50. The van der Waals surface area contributed by atoms with Gasteiger partial charge in [-0.1, -0.05) is 22.0 Å². The summed E-state index contributed by atoms with van der Waals surface area (Å²) in [5.41, 5.74) is -4.40. The number of halogens is 4. The van der Waals surface area contributed by atoms with Gasteiger partial charge in [0, 0.05) is 21.9 Å². The van der Waals surface area contributed by atoms with Gasteiger partial charge in [-0.3, -0.25) is 0 Å². The molecule has 0 aliphatic carbocycles. The van der Waals surface area contributed by atoms with Crippen LogP contribution in [0.25, 0.3) is 0 Å². The Morgan fingerprint density at radius 1 is 1.00 bits per heavy atom. The zero-order valence-corrected chi connectivity index (χ0v) is 13.2. The second-order valence-electron chi connectivity index (χ2n) is 4.14. The first-order valence-electron chi connectivity index (χ1n) is 5.81. The molecular formula is C13H9BrF3NO3S. The summed E-state index contributed by atoms with van der Waals surface area (Å²) in [5, 5.41) is 2.92. The summed E-state index contributed by atoms with van der Waals surface area (Å²) in [6, 6.07) is 12.3. The van der Waals surface area contributed by atoms with E-state index in [4.69, 9.17) is 0 Å². The average Bonchev–Trinajstić information content (AvgIpc) is 2.40. The van der Waals surface area contributed by atoms with Gasteiger partial charge >= 0.3 is 15.6 Å². The molecular weight excluding hydrogens is 387 g/mol. The van der Waals surface area contributed by atoms with Crippen molar-refractivity contribution >= 4 is 37.4 Å². The second kappa shape index (κ2) is 6.17. The Morgan fingerprint density at radius 3 is 2.23 bits per heavy atom. The maximum absolute atomic E-state index is 12.3. The lowest BCUT2D eigenvalue weighted by atomic mass is 10.2. The van der Waals surface area contributed by atoms with Gasteiger partial charge in [0.25, 0.3) is 0 Å². The number of rotatable bonds is 4. The van der Waals surface area contributed by atoms with Crippen molar-refractivity contribution < 1.29 is 25.8 Å². The molecule has 0 atom stereocenters. The minimum Gasteiger partial charge on any atom is -0.376 e. The van der Waals surface area contributed by atoms with Crippen molar-refractivity contribution in [2.75, 3.05) is 5.32 Å². The maximum Gasteiger partial charge on any atom is 0.534 e. The Balaban J connectivity index is 2.19. The van der Waals surface area contributed by atoms with Crippen LogP contribution in [0.2, 0.25) is 0 Å². The predicted octanol–water partition coefficient (Wildman–Crippen LogP) is 4.42. The third-order valence-electron chi connectivity index (χ3n) is 2.46. The molecule has 0 fully saturated rings. The molecule has 118 valence electrons. The van der Waals surface area contributed by atoms with Gasteiger partial charge in [-0.25, -0.2) is 0 Å². The van der Waals surface area contributed by atoms with Crippen molar-refractivity contribution in [2.24, 2.45) is 0 Å². The lowest BCUT2D eigenvalue weighted by molar-refractivity contribution is -0.0500. The lowest BCUT2D eigenvalue weighted by Crippen LogP contribution is -2.28. The number of alkyl halides is 3. The molecule has 0 spiro atoms. The molecule has 4 nitrogen and oxygen atoms in total. The molecule has 0 bridgehead atoms. The van der Waals surface area contributed by atoms with Crippen LogP contribution >= 0.6 is 15.9 Å². The zero-order chi connectivity index (χ0) is 16.4. The van der Waals surface area contributed by atoms with E-state index in [1.54, 1.807) is 30.3 Å². The smallest absolute Gasteiger partial charge is 0.376 e. The minimum absolute atomic E-state index is 0.386. The quantitative estimate of drug-likeness (QED) is 0.614. The molecule has 0 unspecified atom stereocenters. The number of hydrogen-bond donors (Lipinski definition) is 1. The van der Waals surface area contributed by atoms with E-state index in [-0.39, 0.29) is 0 Å². The third-order valence-corrected chi connectivity index (χ3v) is 3.96. The summed E-state index contributed by atoms with van der Waals surface area (Å²) in [6.07, 6.45) is 0. The number of nitrogens with one attached hydrogen (secondary N) is 1. The normalized spacial score (nSPS) is 12.0. The zero-order valence-electron chi connectivity index (χ0n) is 10.8. The summed E-state index contributed by atoms with van der Waals surface area (Å²) in [4.78, 5) is 0. The fraction of sp³-hybridized carbons (Fsp3) is 0.0769. The lowest BCUT2D eigenvalue weighted by Gasteiger charge is -2.11. The summed E-state index contributed by atoms with van der Waals surface area (Å²) >= 11 is 3.27. The summed E-state index contributed by atoms with van der Waals surface area (Å²) < 4.78 is 63.7. The minimum atomic E-state index is -5.68. The summed E-state index contributed by atoms with van der Waals surface area (Å²) in [7, 11) is -5.68. The Kier molecular flexibility index (Phi) is 4.66. The molecule has 2 aromatic carbocycles. The van der Waals surface area contributed by atoms with Crippen LogP contribution in [0, 0.1) is 0 Å². The van der Waals surface area contributed by atoms with Crippen LogP contribution in [-0.2, 0) is 10.1 Å². The molecule has 0 radical (unpaired) electrons. The van der Waals surface area contributed by atoms with Crippen LogP contribution in [0.1, 0.15) is 0 Å². The first-order valence-corrected chi connectivity index (χ1v) is 8.01. The van der Waals surface area contributed by atoms with Crippen molar-refractivity contribution in [1.82, 2.24) is 0 Å². The SMILES string of the molecule is O=S(=O)(Oc1cccc(Nc2ccc(Br)cc2)c1)C(F)(F)F. The monoisotopic (exact) mass is 395 g/mol. The van der Waals surface area contributed by atoms with E-state index in [2.05, 4.69) is 25.4 Å². The van der Waals surface area contributed by atoms with Crippen molar-refractivity contribution in [3.8, 4) is 5.75 Å². The van der Waals surface area contributed by atoms with Gasteiger partial charge in [0.15, 0.2) is 0 Å². The van der Waals surface area contributed by atoms with Crippen LogP contribution in [0.15, 0.2) is 53.0 Å². The summed E-state index contributed by atoms with van der Waals surface area (Å²) in [5.74, 6) is -0.431. The van der Waals surface area contributed by atoms with E-state index in [0.29, 0.717) is 11.4 Å². The topological polar surface area (TPSA) is 55.4 Å². The second-order valence-corrected chi connectivity index (χ2v) is 6.60. The number of hydrogen-bond acceptors (Lipinski definition) is 4. The van der Waals surface area contributed by atoms with E-state index in [9.17, 15) is 21.6 Å². The highest BCUT2D eigenvalue weighted by molar-refractivity contribution is 9.10. The van der Waals surface area contributed by atoms with E-state index < -0.39 is 21.4 Å². The Bertz CT molecular complexity index is 761. The van der Waals surface area contributed by atoms with E-state index >= 15 is 0 Å². The highest BCUT2D eigenvalue weighted by Crippen LogP contribution is 2.29. The van der Waals surface area contributed by atoms with Gasteiger partial charge < -0.3 is 9.50 Å². The van der Waals surface area contributed by atoms with Gasteiger partial charge in [-0.2, -0.15) is 21.6 Å². The number of benzene rings is 2. The highest BCUT2D eigenvalue weighted by Gasteiger charge is 2.48. The molecule has 0 saturated heterocycles. The summed E-state index contributed by atoms with van der Waals surface area (Å²) in [6.45, 7) is 0. The molecule has 2 rings (SSSR count). The average molecular weight is 396 g/mol. The van der Waals surface area contributed by atoms with Gasteiger partial charge in [0.2, 0.25) is 0 Å². The molecule has 0 aromatic heterocycles. The van der Waals surface area contributed by atoms with Gasteiger partial charge in [0.05, 0.1) is 0 Å². The maximum atomic E-state index is 12.3. The molecule has 0 heterocycles. The Morgan fingerprint density at radius 2 is 1.64 bits per heavy atom. The molecule has 2 aromatic rings. The van der Waals surface area contributed by atoms with Crippen molar-refractivity contribution in [1.29, 1.82) is 0 Å². The van der Waals surface area contributed by atoms with E-state index in [1.807, 2.05) is 0 Å². The third kappa shape index (κ3) is 4.14. The Hall–Kier alpha value is -1.74. The first-order chi connectivity index (χ1) is 10.2. The number of anilines is 2. The first kappa shape index (κ1) is 16.6. The van der Waals surface area contributed by atoms with Gasteiger partial charge in [0.1, 0.15) is 5.75 Å². The predicted molar refractivity (Wildman–Crippen MR) is 79.5 cm³/mol. The molecule has 0 saturated carbocycles. The van der Waals surface area contributed by atoms with E-state index in [0.717, 1.165) is 16.6 Å². The van der Waals surface area contributed by atoms with Crippen LogP contribution in [0.5, 0.6) is 5.75 Å². The largest absolute Gasteiger partial charge is 0.534 e. The fourth-order valence-corrected chi connectivity index (χ4v) is 2.22. The molecule has 1 N–H and O–H groups in total. The van der Waals surface area contributed by atoms with Crippen molar-refractivity contribution in [2.45, 2.75) is 5.51 Å². The van der Waals surface area contributed by atoms with E-state index in [1.165, 1.54) is 6.07 Å². The van der Waals surface area contributed by atoms with Crippen LogP contribution < -0.4 is 9.50 Å². The van der Waals surface area contributed by atoms with Crippen LogP contribution in [-0.4, -0.2) is 13.9 Å². The molecule has 0 aliphatic heterocycles. The van der Waals surface area contributed by atoms with Gasteiger partial charge in [-0.05, 0) is 36.4 Å². The molecule has 0 aliphatic rings. The highest BCUT2D eigenvalue weighted by atomic mass is 79.9. The molecule has 22 heavy (non-hydrogen) atoms. The molecule has 9 heteroatoms. The van der Waals surface area contributed by atoms with Crippen molar-refractivity contribution in [3.05, 3.63) is 53.0 Å². The van der Waals surface area contributed by atoms with Crippen LogP contribution in [0.4, 0.5) is 24.5 Å². The Labute approximate surface area is 133 Å². The van der Waals surface area contributed by atoms with Crippen molar-refractivity contribution in [3.63, 3.8) is 0 Å². The standard InChI is InChI=1S/C13H9BrF3NO3S/c14-9-4-6-10(7-5-9)18-11-2-1-3-12(8-11)21-22(19,20)13(15,16)17/h1-8,18H. The van der Waals surface area contributed by atoms with Crippen LogP contribution in [0.3, 0.4) is 0 Å². The van der Waals surface area contributed by atoms with Gasteiger partial charge in [-0.15, -0.1) is 0 Å².